The van der Waals surface area contributed by atoms with Crippen LogP contribution in [0.3, 0.4) is 0 Å². The topological polar surface area (TPSA) is 71.1 Å². The molecule has 0 aliphatic rings. The predicted molar refractivity (Wildman–Crippen MR) is 88.2 cm³/mol. The van der Waals surface area contributed by atoms with Gasteiger partial charge in [0.05, 0.1) is 11.1 Å². The van der Waals surface area contributed by atoms with Gasteiger partial charge in [0.1, 0.15) is 11.2 Å². The van der Waals surface area contributed by atoms with Crippen molar-refractivity contribution >= 4 is 11.9 Å². The van der Waals surface area contributed by atoms with Gasteiger partial charge in [-0.3, -0.25) is 9.78 Å². The molecule has 0 atom stereocenters. The van der Waals surface area contributed by atoms with E-state index in [1.54, 1.807) is 39.8 Å². The second-order valence-corrected chi connectivity index (χ2v) is 6.68. The lowest BCUT2D eigenvalue weighted by Crippen LogP contribution is -2.27. The summed E-state index contributed by atoms with van der Waals surface area (Å²) in [6.07, 6.45) is 1.31. The SMILES string of the molecule is CCC(C)(C)OOC(=O)c1ccccc1C(=O)OOC(C)(C)CC. The Morgan fingerprint density at radius 3 is 1.42 bits per heavy atom. The Hall–Kier alpha value is -1.92. The Morgan fingerprint density at radius 2 is 1.12 bits per heavy atom. The van der Waals surface area contributed by atoms with Crippen LogP contribution in [0.15, 0.2) is 24.3 Å². The van der Waals surface area contributed by atoms with E-state index in [2.05, 4.69) is 0 Å². The van der Waals surface area contributed by atoms with E-state index in [0.717, 1.165) is 0 Å². The molecule has 0 aromatic heterocycles. The number of hydrogen-bond donors (Lipinski definition) is 0. The summed E-state index contributed by atoms with van der Waals surface area (Å²) in [5, 5.41) is 0. The minimum Gasteiger partial charge on any atom is -0.292 e. The van der Waals surface area contributed by atoms with Gasteiger partial charge in [-0.1, -0.05) is 26.0 Å². The van der Waals surface area contributed by atoms with Crippen LogP contribution in [-0.4, -0.2) is 23.1 Å². The zero-order valence-corrected chi connectivity index (χ0v) is 15.2. The molecule has 134 valence electrons. The van der Waals surface area contributed by atoms with Crippen molar-refractivity contribution < 1.29 is 29.1 Å². The molecule has 0 amide bonds. The van der Waals surface area contributed by atoms with Crippen LogP contribution in [0, 0.1) is 0 Å². The van der Waals surface area contributed by atoms with E-state index in [0.29, 0.717) is 12.8 Å². The molecule has 6 nitrogen and oxygen atoms in total. The zero-order valence-electron chi connectivity index (χ0n) is 15.2. The van der Waals surface area contributed by atoms with Crippen molar-refractivity contribution in [1.82, 2.24) is 0 Å². The van der Waals surface area contributed by atoms with E-state index in [-0.39, 0.29) is 11.1 Å². The number of benzene rings is 1. The molecule has 0 radical (unpaired) electrons. The van der Waals surface area contributed by atoms with Gasteiger partial charge < -0.3 is 0 Å². The van der Waals surface area contributed by atoms with Gasteiger partial charge in [0, 0.05) is 0 Å². The Labute approximate surface area is 142 Å². The smallest absolute Gasteiger partial charge is 0.292 e. The predicted octanol–water partition coefficient (Wildman–Crippen LogP) is 4.24. The van der Waals surface area contributed by atoms with Crippen molar-refractivity contribution in [2.75, 3.05) is 0 Å². The molecule has 0 heterocycles. The van der Waals surface area contributed by atoms with E-state index in [4.69, 9.17) is 19.6 Å². The minimum atomic E-state index is -0.765. The molecule has 0 aliphatic carbocycles. The van der Waals surface area contributed by atoms with Crippen molar-refractivity contribution in [1.29, 1.82) is 0 Å². The second kappa shape index (κ2) is 8.26. The van der Waals surface area contributed by atoms with Gasteiger partial charge in [0.2, 0.25) is 0 Å². The fourth-order valence-corrected chi connectivity index (χ4v) is 1.35. The van der Waals surface area contributed by atoms with E-state index in [1.807, 2.05) is 13.8 Å². The van der Waals surface area contributed by atoms with Crippen LogP contribution in [0.2, 0.25) is 0 Å². The molecule has 6 heteroatoms. The molecule has 0 spiro atoms. The zero-order chi connectivity index (χ0) is 18.4. The van der Waals surface area contributed by atoms with E-state index < -0.39 is 23.1 Å². The highest BCUT2D eigenvalue weighted by Crippen LogP contribution is 2.19. The van der Waals surface area contributed by atoms with Crippen LogP contribution in [0.4, 0.5) is 0 Å². The van der Waals surface area contributed by atoms with Gasteiger partial charge in [0.25, 0.3) is 0 Å². The number of hydrogen-bond acceptors (Lipinski definition) is 6. The molecule has 0 unspecified atom stereocenters. The quantitative estimate of drug-likeness (QED) is 0.521. The average molecular weight is 338 g/mol. The summed E-state index contributed by atoms with van der Waals surface area (Å²) in [6.45, 7) is 11.0. The Balaban J connectivity index is 2.84. The summed E-state index contributed by atoms with van der Waals surface area (Å²) >= 11 is 0. The first-order valence-corrected chi connectivity index (χ1v) is 8.01. The normalized spacial score (nSPS) is 11.9. The minimum absolute atomic E-state index is 0.0484. The Morgan fingerprint density at radius 1 is 0.792 bits per heavy atom. The summed E-state index contributed by atoms with van der Waals surface area (Å²) < 4.78 is 0. The van der Waals surface area contributed by atoms with Crippen molar-refractivity contribution in [3.63, 3.8) is 0 Å². The molecule has 0 aliphatic heterocycles. The van der Waals surface area contributed by atoms with Gasteiger partial charge in [-0.2, -0.15) is 9.78 Å². The lowest BCUT2D eigenvalue weighted by molar-refractivity contribution is -0.308. The molecule has 0 saturated carbocycles. The maximum Gasteiger partial charge on any atom is 0.373 e. The highest BCUT2D eigenvalue weighted by atomic mass is 17.2. The second-order valence-electron chi connectivity index (χ2n) is 6.68. The first-order valence-electron chi connectivity index (χ1n) is 8.01. The fourth-order valence-electron chi connectivity index (χ4n) is 1.35. The third-order valence-corrected chi connectivity index (χ3v) is 3.76. The highest BCUT2D eigenvalue weighted by Gasteiger charge is 2.26. The van der Waals surface area contributed by atoms with Gasteiger partial charge in [-0.15, -0.1) is 0 Å². The van der Waals surface area contributed by atoms with E-state index >= 15 is 0 Å². The third kappa shape index (κ3) is 5.94. The van der Waals surface area contributed by atoms with Crippen molar-refractivity contribution in [2.45, 2.75) is 65.6 Å². The summed E-state index contributed by atoms with van der Waals surface area (Å²) in [5.74, 6) is -1.53. The largest absolute Gasteiger partial charge is 0.373 e. The van der Waals surface area contributed by atoms with Crippen LogP contribution in [0.25, 0.3) is 0 Å². The monoisotopic (exact) mass is 338 g/mol. The van der Waals surface area contributed by atoms with Crippen LogP contribution < -0.4 is 0 Å². The average Bonchev–Trinajstić information content (AvgIpc) is 2.57. The lowest BCUT2D eigenvalue weighted by Gasteiger charge is -2.21. The van der Waals surface area contributed by atoms with Crippen LogP contribution in [-0.2, 0) is 19.6 Å². The van der Waals surface area contributed by atoms with Crippen molar-refractivity contribution in [2.24, 2.45) is 0 Å². The summed E-state index contributed by atoms with van der Waals surface area (Å²) in [7, 11) is 0. The fraction of sp³-hybridized carbons (Fsp3) is 0.556. The van der Waals surface area contributed by atoms with E-state index in [1.165, 1.54) is 12.1 Å². The van der Waals surface area contributed by atoms with Crippen LogP contribution >= 0.6 is 0 Å². The van der Waals surface area contributed by atoms with Gasteiger partial charge in [-0.25, -0.2) is 9.59 Å². The molecule has 1 aromatic carbocycles. The van der Waals surface area contributed by atoms with E-state index in [9.17, 15) is 9.59 Å². The molecular weight excluding hydrogens is 312 g/mol. The summed E-state index contributed by atoms with van der Waals surface area (Å²) in [5.41, 5.74) is -1.13. The van der Waals surface area contributed by atoms with Crippen LogP contribution in [0.5, 0.6) is 0 Å². The standard InChI is InChI=1S/C18H26O6/c1-7-17(3,4)23-21-15(19)13-11-9-10-12-14(13)16(20)22-24-18(5,6)8-2/h9-12H,7-8H2,1-6H3. The van der Waals surface area contributed by atoms with Gasteiger partial charge >= 0.3 is 11.9 Å². The number of carbonyl (C=O) groups excluding carboxylic acids is 2. The summed E-state index contributed by atoms with van der Waals surface area (Å²) in [4.78, 5) is 44.4. The molecule has 1 rings (SSSR count). The highest BCUT2D eigenvalue weighted by molar-refractivity contribution is 6.02. The van der Waals surface area contributed by atoms with Gasteiger partial charge in [0.15, 0.2) is 0 Å². The number of carbonyl (C=O) groups is 2. The molecule has 0 bridgehead atoms. The Kier molecular flexibility index (Phi) is 6.93. The maximum atomic E-state index is 12.2. The number of rotatable bonds is 8. The molecule has 1 aromatic rings. The van der Waals surface area contributed by atoms with Gasteiger partial charge in [-0.05, 0) is 52.7 Å². The van der Waals surface area contributed by atoms with Crippen molar-refractivity contribution in [3.8, 4) is 0 Å². The van der Waals surface area contributed by atoms with Crippen molar-refractivity contribution in [3.05, 3.63) is 35.4 Å². The molecule has 0 N–H and O–H groups in total. The summed E-state index contributed by atoms with van der Waals surface area (Å²) in [6, 6.07) is 6.17. The third-order valence-electron chi connectivity index (χ3n) is 3.76. The molecule has 0 fully saturated rings. The first kappa shape index (κ1) is 20.1. The maximum absolute atomic E-state index is 12.2. The molecular formula is C18H26O6. The van der Waals surface area contributed by atoms with Crippen LogP contribution in [0.1, 0.15) is 75.1 Å². The molecule has 0 saturated heterocycles. The Bertz CT molecular complexity index is 526. The first-order chi connectivity index (χ1) is 11.1. The molecule has 24 heavy (non-hydrogen) atoms. The lowest BCUT2D eigenvalue weighted by atomic mass is 10.1.